The zero-order valence-corrected chi connectivity index (χ0v) is 18.2. The molecule has 0 unspecified atom stereocenters. The van der Waals surface area contributed by atoms with Crippen molar-refractivity contribution in [1.29, 1.82) is 0 Å². The summed E-state index contributed by atoms with van der Waals surface area (Å²) in [7, 11) is 0. The van der Waals surface area contributed by atoms with Gasteiger partial charge in [0, 0.05) is 31.2 Å². The van der Waals surface area contributed by atoms with Crippen LogP contribution in [0.1, 0.15) is 23.6 Å². The molecule has 3 aromatic rings. The van der Waals surface area contributed by atoms with Crippen LogP contribution in [0.5, 0.6) is 11.5 Å². The lowest BCUT2D eigenvalue weighted by atomic mass is 10.1. The van der Waals surface area contributed by atoms with E-state index in [1.54, 1.807) is 6.20 Å². The van der Waals surface area contributed by atoms with E-state index in [-0.39, 0.29) is 12.7 Å². The second-order valence-corrected chi connectivity index (χ2v) is 8.18. The number of hydrogen-bond acceptors (Lipinski definition) is 5. The number of carbonyl (C=O) groups excluding carboxylic acids is 1. The Morgan fingerprint density at radius 1 is 1.13 bits per heavy atom. The van der Waals surface area contributed by atoms with Crippen molar-refractivity contribution in [2.45, 2.75) is 32.5 Å². The number of carbonyl (C=O) groups is 1. The van der Waals surface area contributed by atoms with E-state index in [4.69, 9.17) is 9.47 Å². The fourth-order valence-corrected chi connectivity index (χ4v) is 4.20. The molecule has 0 saturated carbocycles. The molecular formula is C23H25N3O3S. The van der Waals surface area contributed by atoms with Crippen molar-refractivity contribution in [3.05, 3.63) is 65.5 Å². The van der Waals surface area contributed by atoms with Crippen LogP contribution in [-0.2, 0) is 11.3 Å². The SMILES string of the molecule is CCN(Cc1ccc2c(c1)OCO2)C(=O)CSc1nccn1-c1ccc(C)c(C)c1. The van der Waals surface area contributed by atoms with Crippen molar-refractivity contribution in [2.24, 2.45) is 0 Å². The van der Waals surface area contributed by atoms with Crippen molar-refractivity contribution in [3.63, 3.8) is 0 Å². The Kier molecular flexibility index (Phi) is 5.99. The first-order valence-corrected chi connectivity index (χ1v) is 10.9. The molecule has 1 aliphatic rings. The molecule has 0 aliphatic carbocycles. The Labute approximate surface area is 180 Å². The number of ether oxygens (including phenoxy) is 2. The summed E-state index contributed by atoms with van der Waals surface area (Å²) in [6.45, 7) is 7.62. The molecule has 0 atom stereocenters. The maximum absolute atomic E-state index is 12.9. The smallest absolute Gasteiger partial charge is 0.233 e. The van der Waals surface area contributed by atoms with Crippen molar-refractivity contribution in [1.82, 2.24) is 14.5 Å². The first-order chi connectivity index (χ1) is 14.5. The molecule has 0 N–H and O–H groups in total. The molecule has 0 spiro atoms. The number of aromatic nitrogens is 2. The topological polar surface area (TPSA) is 56.6 Å². The molecule has 0 radical (unpaired) electrons. The number of imidazole rings is 1. The van der Waals surface area contributed by atoms with Gasteiger partial charge in [0.1, 0.15) is 0 Å². The van der Waals surface area contributed by atoms with Gasteiger partial charge in [-0.3, -0.25) is 9.36 Å². The molecule has 30 heavy (non-hydrogen) atoms. The molecule has 4 rings (SSSR count). The largest absolute Gasteiger partial charge is 0.454 e. The van der Waals surface area contributed by atoms with Crippen molar-refractivity contribution in [3.8, 4) is 17.2 Å². The minimum absolute atomic E-state index is 0.0785. The van der Waals surface area contributed by atoms with E-state index >= 15 is 0 Å². The van der Waals surface area contributed by atoms with Gasteiger partial charge in [0.2, 0.25) is 12.7 Å². The van der Waals surface area contributed by atoms with E-state index in [0.717, 1.165) is 27.9 Å². The molecule has 1 aliphatic heterocycles. The monoisotopic (exact) mass is 423 g/mol. The van der Waals surface area contributed by atoms with Gasteiger partial charge in [0.15, 0.2) is 16.7 Å². The van der Waals surface area contributed by atoms with Gasteiger partial charge in [-0.2, -0.15) is 0 Å². The summed E-state index contributed by atoms with van der Waals surface area (Å²) < 4.78 is 12.8. The molecule has 1 aromatic heterocycles. The Morgan fingerprint density at radius 2 is 1.97 bits per heavy atom. The van der Waals surface area contributed by atoms with Crippen LogP contribution in [0.4, 0.5) is 0 Å². The van der Waals surface area contributed by atoms with Crippen molar-refractivity contribution < 1.29 is 14.3 Å². The molecule has 2 heterocycles. The lowest BCUT2D eigenvalue weighted by Crippen LogP contribution is -2.31. The predicted molar refractivity (Wildman–Crippen MR) is 117 cm³/mol. The van der Waals surface area contributed by atoms with E-state index in [1.807, 2.05) is 40.8 Å². The first-order valence-electron chi connectivity index (χ1n) is 9.95. The maximum Gasteiger partial charge on any atom is 0.233 e. The highest BCUT2D eigenvalue weighted by molar-refractivity contribution is 7.99. The van der Waals surface area contributed by atoms with Gasteiger partial charge in [-0.05, 0) is 61.7 Å². The van der Waals surface area contributed by atoms with E-state index in [2.05, 4.69) is 37.0 Å². The third-order valence-corrected chi connectivity index (χ3v) is 6.20. The molecule has 0 fully saturated rings. The number of rotatable bonds is 7. The van der Waals surface area contributed by atoms with Gasteiger partial charge < -0.3 is 14.4 Å². The highest BCUT2D eigenvalue weighted by Gasteiger charge is 2.18. The average molecular weight is 424 g/mol. The minimum atomic E-state index is 0.0785. The number of aryl methyl sites for hydroxylation is 2. The fourth-order valence-electron chi connectivity index (χ4n) is 3.32. The van der Waals surface area contributed by atoms with Crippen LogP contribution in [-0.4, -0.2) is 39.4 Å². The average Bonchev–Trinajstić information content (AvgIpc) is 3.41. The summed E-state index contributed by atoms with van der Waals surface area (Å²) in [5.74, 6) is 1.90. The van der Waals surface area contributed by atoms with Crippen LogP contribution < -0.4 is 9.47 Å². The predicted octanol–water partition coefficient (Wildman–Crippen LogP) is 4.36. The Balaban J connectivity index is 1.41. The Hall–Kier alpha value is -2.93. The lowest BCUT2D eigenvalue weighted by Gasteiger charge is -2.21. The zero-order chi connectivity index (χ0) is 21.1. The molecular weight excluding hydrogens is 398 g/mol. The van der Waals surface area contributed by atoms with Gasteiger partial charge in [-0.25, -0.2) is 4.98 Å². The summed E-state index contributed by atoms with van der Waals surface area (Å²) in [4.78, 5) is 19.2. The standard InChI is InChI=1S/C23H25N3O3S/c1-4-25(13-18-6-8-20-21(12-18)29-15-28-20)22(27)14-30-23-24-9-10-26(23)19-7-5-16(2)17(3)11-19/h5-12H,4,13-15H2,1-3H3. The van der Waals surface area contributed by atoms with Crippen LogP contribution in [0.2, 0.25) is 0 Å². The van der Waals surface area contributed by atoms with Gasteiger partial charge >= 0.3 is 0 Å². The Morgan fingerprint density at radius 3 is 2.77 bits per heavy atom. The number of hydrogen-bond donors (Lipinski definition) is 0. The highest BCUT2D eigenvalue weighted by atomic mass is 32.2. The lowest BCUT2D eigenvalue weighted by molar-refractivity contribution is -0.128. The normalized spacial score (nSPS) is 12.2. The van der Waals surface area contributed by atoms with Crippen LogP contribution in [0.15, 0.2) is 53.9 Å². The van der Waals surface area contributed by atoms with E-state index in [9.17, 15) is 4.79 Å². The second kappa shape index (κ2) is 8.83. The Bertz CT molecular complexity index is 1060. The summed E-state index contributed by atoms with van der Waals surface area (Å²) in [6, 6.07) is 12.1. The number of benzene rings is 2. The summed E-state index contributed by atoms with van der Waals surface area (Å²) >= 11 is 1.46. The minimum Gasteiger partial charge on any atom is -0.454 e. The summed E-state index contributed by atoms with van der Waals surface area (Å²) in [5, 5.41) is 0.811. The van der Waals surface area contributed by atoms with E-state index in [1.165, 1.54) is 22.9 Å². The van der Waals surface area contributed by atoms with Gasteiger partial charge in [-0.1, -0.05) is 23.9 Å². The molecule has 156 valence electrons. The number of thioether (sulfide) groups is 1. The van der Waals surface area contributed by atoms with E-state index in [0.29, 0.717) is 18.8 Å². The number of nitrogens with zero attached hydrogens (tertiary/aromatic N) is 3. The second-order valence-electron chi connectivity index (χ2n) is 7.23. The molecule has 1 amide bonds. The molecule has 2 aromatic carbocycles. The highest BCUT2D eigenvalue weighted by Crippen LogP contribution is 2.33. The number of amides is 1. The van der Waals surface area contributed by atoms with Gasteiger partial charge in [-0.15, -0.1) is 0 Å². The zero-order valence-electron chi connectivity index (χ0n) is 17.4. The first kappa shape index (κ1) is 20.3. The van der Waals surface area contributed by atoms with Gasteiger partial charge in [0.05, 0.1) is 5.75 Å². The number of fused-ring (bicyclic) bond motifs is 1. The third kappa shape index (κ3) is 4.31. The molecule has 0 saturated heterocycles. The summed E-state index contributed by atoms with van der Waals surface area (Å²) in [6.07, 6.45) is 3.70. The maximum atomic E-state index is 12.9. The fraction of sp³-hybridized carbons (Fsp3) is 0.304. The van der Waals surface area contributed by atoms with Crippen molar-refractivity contribution >= 4 is 17.7 Å². The van der Waals surface area contributed by atoms with Crippen molar-refractivity contribution in [2.75, 3.05) is 19.1 Å². The summed E-state index contributed by atoms with van der Waals surface area (Å²) in [5.41, 5.74) is 4.56. The van der Waals surface area contributed by atoms with Crippen LogP contribution in [0.3, 0.4) is 0 Å². The molecule has 6 nitrogen and oxygen atoms in total. The van der Waals surface area contributed by atoms with E-state index < -0.39 is 0 Å². The molecule has 7 heteroatoms. The van der Waals surface area contributed by atoms with Crippen LogP contribution in [0.25, 0.3) is 5.69 Å². The quantitative estimate of drug-likeness (QED) is 0.529. The third-order valence-electron chi connectivity index (χ3n) is 5.25. The molecule has 0 bridgehead atoms. The van der Waals surface area contributed by atoms with Crippen LogP contribution >= 0.6 is 11.8 Å². The van der Waals surface area contributed by atoms with Gasteiger partial charge in [0.25, 0.3) is 0 Å². The van der Waals surface area contributed by atoms with Crippen LogP contribution in [0, 0.1) is 13.8 Å².